The number of nitrogens with zero attached hydrogens (tertiary/aromatic N) is 4. The summed E-state index contributed by atoms with van der Waals surface area (Å²) in [4.78, 5) is 44.1. The minimum absolute atomic E-state index is 0.0174. The molecule has 3 N–H and O–H groups in total. The van der Waals surface area contributed by atoms with Gasteiger partial charge in [-0.1, -0.05) is 0 Å². The zero-order valence-electron chi connectivity index (χ0n) is 28.2. The fourth-order valence-electron chi connectivity index (χ4n) is 6.69. The number of halogens is 4. The lowest BCUT2D eigenvalue weighted by Gasteiger charge is -2.17. The number of carbonyl (C=O) groups excluding carboxylic acids is 3. The summed E-state index contributed by atoms with van der Waals surface area (Å²) in [6, 6.07) is 11.4. The highest BCUT2D eigenvalue weighted by Gasteiger charge is 2.42. The molecule has 0 saturated carbocycles. The molecule has 274 valence electrons. The summed E-state index contributed by atoms with van der Waals surface area (Å²) in [5.74, 6) is -1.52. The minimum atomic E-state index is -4.97. The van der Waals surface area contributed by atoms with E-state index >= 15 is 0 Å². The summed E-state index contributed by atoms with van der Waals surface area (Å²) in [5, 5.41) is 22.9. The number of phenolic OH excluding ortho intramolecular Hbond substituents is 1. The molecule has 18 heteroatoms. The Morgan fingerprint density at radius 1 is 0.981 bits per heavy atom. The minimum Gasteiger partial charge on any atom is -0.506 e. The van der Waals surface area contributed by atoms with Gasteiger partial charge in [0.05, 0.1) is 39.5 Å². The van der Waals surface area contributed by atoms with E-state index in [4.69, 9.17) is 25.8 Å². The summed E-state index contributed by atoms with van der Waals surface area (Å²) < 4.78 is 63.3. The van der Waals surface area contributed by atoms with E-state index in [0.29, 0.717) is 44.7 Å². The largest absolute Gasteiger partial charge is 0.506 e. The monoisotopic (exact) mass is 752 g/mol. The number of rotatable bonds is 7. The van der Waals surface area contributed by atoms with Gasteiger partial charge in [-0.05, 0) is 42.0 Å². The van der Waals surface area contributed by atoms with Crippen molar-refractivity contribution in [2.24, 2.45) is 0 Å². The maximum Gasteiger partial charge on any atom is 0.432 e. The van der Waals surface area contributed by atoms with Gasteiger partial charge in [0, 0.05) is 52.5 Å². The summed E-state index contributed by atoms with van der Waals surface area (Å²) in [5.41, 5.74) is 0.0528. The van der Waals surface area contributed by atoms with Crippen LogP contribution < -0.4 is 24.4 Å². The van der Waals surface area contributed by atoms with Crippen molar-refractivity contribution in [1.29, 1.82) is 0 Å². The van der Waals surface area contributed by atoms with Crippen LogP contribution in [0, 0.1) is 0 Å². The molecule has 0 fully saturated rings. The van der Waals surface area contributed by atoms with E-state index in [0.717, 1.165) is 19.2 Å². The smallest absolute Gasteiger partial charge is 0.432 e. The highest BCUT2D eigenvalue weighted by molar-refractivity contribution is 6.19. The quantitative estimate of drug-likeness (QED) is 0.150. The molecule has 0 spiro atoms. The van der Waals surface area contributed by atoms with Crippen LogP contribution in [0.15, 0.2) is 48.5 Å². The molecule has 0 bridgehead atoms. The zero-order chi connectivity index (χ0) is 37.9. The van der Waals surface area contributed by atoms with Crippen LogP contribution in [0.5, 0.6) is 23.0 Å². The first-order valence-corrected chi connectivity index (χ1v) is 16.2. The second kappa shape index (κ2) is 13.1. The van der Waals surface area contributed by atoms with E-state index in [2.05, 4.69) is 25.2 Å². The maximum atomic E-state index is 14.0. The number of hydrogen-bond donors (Lipinski definition) is 3. The number of aromatic nitrogens is 4. The van der Waals surface area contributed by atoms with Crippen LogP contribution >= 0.6 is 11.6 Å². The molecule has 1 aliphatic heterocycles. The number of anilines is 2. The number of alkyl halides is 4. The molecule has 6 aromatic rings. The first-order chi connectivity index (χ1) is 25.3. The molecular formula is C35H28ClF3N6O8. The predicted molar refractivity (Wildman–Crippen MR) is 187 cm³/mol. The topological polar surface area (TPSA) is 170 Å². The lowest BCUT2D eigenvalue weighted by molar-refractivity contribution is -0.142. The molecule has 1 aliphatic rings. The van der Waals surface area contributed by atoms with Crippen molar-refractivity contribution < 1.29 is 51.6 Å². The second-order valence-electron chi connectivity index (χ2n) is 11.9. The number of amides is 2. The predicted octanol–water partition coefficient (Wildman–Crippen LogP) is 6.67. The molecule has 0 saturated heterocycles. The number of ether oxygens (including phenoxy) is 4. The number of carbonyl (C=O) groups is 3. The van der Waals surface area contributed by atoms with Crippen LogP contribution in [0.2, 0.25) is 0 Å². The summed E-state index contributed by atoms with van der Waals surface area (Å²) in [6.45, 7) is -0.0200. The Morgan fingerprint density at radius 3 is 2.40 bits per heavy atom. The number of fused-ring (bicyclic) bond motifs is 5. The molecule has 2 amide bonds. The molecule has 4 heterocycles. The van der Waals surface area contributed by atoms with Gasteiger partial charge in [0.2, 0.25) is 5.75 Å². The highest BCUT2D eigenvalue weighted by Crippen LogP contribution is 2.49. The van der Waals surface area contributed by atoms with Gasteiger partial charge in [-0.25, -0.2) is 9.36 Å². The lowest BCUT2D eigenvalue weighted by atomic mass is 9.98. The molecule has 0 aliphatic carbocycles. The van der Waals surface area contributed by atoms with Crippen molar-refractivity contribution in [3.8, 4) is 23.0 Å². The molecular weight excluding hydrogens is 725 g/mol. The number of methoxy groups -OCH3 is 4. The molecule has 0 radical (unpaired) electrons. The molecule has 14 nitrogen and oxygen atoms in total. The van der Waals surface area contributed by atoms with Crippen molar-refractivity contribution in [1.82, 2.24) is 19.7 Å². The SMILES string of the molecule is COC(=O)n1c(C(F)(F)F)cc2c3c(cc(O)c21)N(C(=O)c1cc2cc(NC(=O)c4cc5c(OC)c(OC)c(OC)cc5nn4)ccc2[nH]1)CC3CCl. The lowest BCUT2D eigenvalue weighted by Crippen LogP contribution is -2.30. The zero-order valence-corrected chi connectivity index (χ0v) is 29.0. The Hall–Kier alpha value is -6.23. The van der Waals surface area contributed by atoms with Crippen molar-refractivity contribution in [2.75, 3.05) is 51.1 Å². The van der Waals surface area contributed by atoms with Crippen LogP contribution in [0.25, 0.3) is 32.7 Å². The first kappa shape index (κ1) is 35.2. The van der Waals surface area contributed by atoms with Gasteiger partial charge in [-0.15, -0.1) is 21.8 Å². The van der Waals surface area contributed by atoms with Crippen LogP contribution in [0.4, 0.5) is 29.3 Å². The van der Waals surface area contributed by atoms with Crippen molar-refractivity contribution in [3.63, 3.8) is 0 Å². The Labute approximate surface area is 301 Å². The third-order valence-electron chi connectivity index (χ3n) is 9.00. The number of hydrogen-bond acceptors (Lipinski definition) is 10. The van der Waals surface area contributed by atoms with Gasteiger partial charge in [0.15, 0.2) is 17.2 Å². The third-order valence-corrected chi connectivity index (χ3v) is 9.37. The number of benzene rings is 3. The first-order valence-electron chi connectivity index (χ1n) is 15.7. The van der Waals surface area contributed by atoms with E-state index in [-0.39, 0.29) is 45.0 Å². The van der Waals surface area contributed by atoms with Gasteiger partial charge in [0.25, 0.3) is 11.8 Å². The molecule has 7 rings (SSSR count). The molecule has 1 atom stereocenters. The van der Waals surface area contributed by atoms with E-state index < -0.39 is 47.0 Å². The van der Waals surface area contributed by atoms with E-state index in [1.54, 1.807) is 30.3 Å². The number of phenols is 1. The van der Waals surface area contributed by atoms with E-state index in [1.165, 1.54) is 32.3 Å². The number of aromatic amines is 1. The Balaban J connectivity index is 1.20. The van der Waals surface area contributed by atoms with Crippen LogP contribution in [-0.2, 0) is 10.9 Å². The maximum absolute atomic E-state index is 14.0. The van der Waals surface area contributed by atoms with Gasteiger partial charge >= 0.3 is 12.3 Å². The molecule has 1 unspecified atom stereocenters. The number of H-pyrrole nitrogens is 1. The number of nitrogens with one attached hydrogen (secondary N) is 2. The van der Waals surface area contributed by atoms with E-state index in [1.807, 2.05) is 0 Å². The highest BCUT2D eigenvalue weighted by atomic mass is 35.5. The summed E-state index contributed by atoms with van der Waals surface area (Å²) in [7, 11) is 5.29. The van der Waals surface area contributed by atoms with Crippen LogP contribution in [-0.4, -0.2) is 83.6 Å². The second-order valence-corrected chi connectivity index (χ2v) is 12.2. The Bertz CT molecular complexity index is 2500. The fourth-order valence-corrected chi connectivity index (χ4v) is 6.94. The molecule has 3 aromatic carbocycles. The normalized spacial score (nSPS) is 14.1. The molecule has 53 heavy (non-hydrogen) atoms. The van der Waals surface area contributed by atoms with Gasteiger partial charge in [0.1, 0.15) is 28.2 Å². The van der Waals surface area contributed by atoms with Crippen LogP contribution in [0.3, 0.4) is 0 Å². The van der Waals surface area contributed by atoms with Crippen molar-refractivity contribution in [3.05, 3.63) is 71.2 Å². The Morgan fingerprint density at radius 2 is 1.74 bits per heavy atom. The number of aromatic hydroxyl groups is 1. The molecule has 3 aromatic heterocycles. The van der Waals surface area contributed by atoms with Crippen molar-refractivity contribution in [2.45, 2.75) is 12.1 Å². The Kier molecular flexibility index (Phi) is 8.68. The van der Waals surface area contributed by atoms with Crippen LogP contribution in [0.1, 0.15) is 38.2 Å². The van der Waals surface area contributed by atoms with Crippen molar-refractivity contribution >= 4 is 73.6 Å². The summed E-state index contributed by atoms with van der Waals surface area (Å²) >= 11 is 6.27. The fraction of sp³-hybridized carbons (Fsp3) is 0.229. The standard InChI is InChI=1S/C35H28ClF3N6O8/c1-50-26-11-21-18(30(51-2)31(26)52-3)9-22(43-42-21)32(47)40-17-5-6-20-15(7-17)8-23(41-20)33(48)44-14-16(13-36)28-19-10-27(35(37,38)39)45(34(49)53-4)29(19)25(46)12-24(28)44/h5-12,16,41,46H,13-14H2,1-4H3,(H,40,47). The average Bonchev–Trinajstić information content (AvgIpc) is 3.86. The third kappa shape index (κ3) is 5.72. The van der Waals surface area contributed by atoms with Gasteiger partial charge in [-0.2, -0.15) is 13.2 Å². The van der Waals surface area contributed by atoms with Gasteiger partial charge in [-0.3, -0.25) is 9.59 Å². The van der Waals surface area contributed by atoms with E-state index in [9.17, 15) is 32.7 Å². The summed E-state index contributed by atoms with van der Waals surface area (Å²) in [6.07, 6.45) is -6.32. The average molecular weight is 753 g/mol. The van der Waals surface area contributed by atoms with Gasteiger partial charge < -0.3 is 39.3 Å².